The summed E-state index contributed by atoms with van der Waals surface area (Å²) in [6.45, 7) is 2.03. The van der Waals surface area contributed by atoms with Crippen LogP contribution in [0.1, 0.15) is 13.3 Å². The number of imide groups is 1. The van der Waals surface area contributed by atoms with Crippen LogP contribution >= 0.6 is 34.4 Å². The largest absolute Gasteiger partial charge is 0.462 e. The van der Waals surface area contributed by atoms with Gasteiger partial charge in [-0.05, 0) is 53.8 Å². The number of carbonyl (C=O) groups is 3. The van der Waals surface area contributed by atoms with Crippen molar-refractivity contribution in [2.45, 2.75) is 24.6 Å². The normalized spacial score (nSPS) is 19.1. The summed E-state index contributed by atoms with van der Waals surface area (Å²) in [7, 11) is 0. The number of carbonyl (C=O) groups excluding carboxylic acids is 3. The monoisotopic (exact) mass is 449 g/mol. The van der Waals surface area contributed by atoms with Crippen LogP contribution in [0.3, 0.4) is 0 Å². The van der Waals surface area contributed by atoms with Crippen LogP contribution in [0.25, 0.3) is 0 Å². The molecule has 0 spiro atoms. The Hall–Kier alpha value is -1.13. The number of quaternary nitrogens is 1. The molecule has 8 heteroatoms. The molecule has 1 aromatic carbocycles. The highest BCUT2D eigenvalue weighted by Gasteiger charge is 2.40. The fraction of sp³-hybridized carbons (Fsp3) is 0.400. The molecule has 1 aliphatic rings. The predicted octanol–water partition coefficient (Wildman–Crippen LogP) is 0.830. The van der Waals surface area contributed by atoms with E-state index in [-0.39, 0.29) is 24.2 Å². The van der Waals surface area contributed by atoms with Crippen molar-refractivity contribution in [3.05, 3.63) is 27.8 Å². The second-order valence-corrected chi connectivity index (χ2v) is 7.50. The molecule has 0 unspecified atom stereocenters. The number of hydrogen-bond donors (Lipinski definition) is 1. The van der Waals surface area contributed by atoms with Crippen molar-refractivity contribution in [2.75, 3.05) is 17.3 Å². The Morgan fingerprint density at radius 2 is 2.09 bits per heavy atom. The van der Waals surface area contributed by atoms with Crippen molar-refractivity contribution < 1.29 is 24.9 Å². The second-order valence-electron chi connectivity index (χ2n) is 5.02. The summed E-state index contributed by atoms with van der Waals surface area (Å²) in [5, 5.41) is -0.472. The molecule has 0 saturated carbocycles. The molecule has 23 heavy (non-hydrogen) atoms. The molecule has 1 aromatic rings. The Morgan fingerprint density at radius 1 is 1.43 bits per heavy atom. The summed E-state index contributed by atoms with van der Waals surface area (Å²) >= 11 is 3.45. The highest BCUT2D eigenvalue weighted by Crippen LogP contribution is 2.30. The van der Waals surface area contributed by atoms with Crippen LogP contribution in [-0.4, -0.2) is 41.4 Å². The molecule has 3 N–H and O–H groups in total. The van der Waals surface area contributed by atoms with Gasteiger partial charge in [-0.15, -0.1) is 11.8 Å². The molecule has 2 atom stereocenters. The zero-order valence-corrected chi connectivity index (χ0v) is 15.6. The first-order valence-electron chi connectivity index (χ1n) is 7.17. The molecule has 1 aliphatic heterocycles. The molecule has 0 aliphatic carbocycles. The maximum atomic E-state index is 12.5. The predicted molar refractivity (Wildman–Crippen MR) is 95.8 cm³/mol. The van der Waals surface area contributed by atoms with E-state index in [1.807, 2.05) is 12.1 Å². The van der Waals surface area contributed by atoms with Crippen molar-refractivity contribution in [1.82, 2.24) is 0 Å². The molecule has 1 saturated heterocycles. The fourth-order valence-corrected chi connectivity index (χ4v) is 3.62. The number of benzene rings is 1. The topological polar surface area (TPSA) is 91.3 Å². The molecule has 2 rings (SSSR count). The Balaban J connectivity index is 1.98. The van der Waals surface area contributed by atoms with Crippen LogP contribution in [0.5, 0.6) is 0 Å². The minimum absolute atomic E-state index is 0.144. The number of anilines is 1. The first kappa shape index (κ1) is 18.2. The standard InChI is InChI=1S/C15H17IN2O4S/c1-2-22-15(21)11(17)8-23-12-7-13(19)18(14(12)20)10-5-3-9(16)4-6-10/h3-6,11-12H,2,7-8,17H2,1H3/p+1/t11-,12-/m0/s1. The van der Waals surface area contributed by atoms with E-state index in [4.69, 9.17) is 4.74 Å². The zero-order valence-electron chi connectivity index (χ0n) is 12.7. The Kier molecular flexibility index (Phi) is 6.42. The number of halogens is 1. The van der Waals surface area contributed by atoms with Gasteiger partial charge in [-0.25, -0.2) is 9.69 Å². The van der Waals surface area contributed by atoms with Crippen LogP contribution in [0.4, 0.5) is 5.69 Å². The van der Waals surface area contributed by atoms with Crippen molar-refractivity contribution >= 4 is 57.8 Å². The van der Waals surface area contributed by atoms with E-state index in [0.717, 1.165) is 3.57 Å². The quantitative estimate of drug-likeness (QED) is 0.395. The van der Waals surface area contributed by atoms with Gasteiger partial charge in [-0.2, -0.15) is 0 Å². The van der Waals surface area contributed by atoms with Gasteiger partial charge in [0, 0.05) is 9.99 Å². The minimum Gasteiger partial charge on any atom is -0.462 e. The van der Waals surface area contributed by atoms with Gasteiger partial charge in [-0.1, -0.05) is 0 Å². The Labute approximate surface area is 152 Å². The average Bonchev–Trinajstić information content (AvgIpc) is 2.80. The number of nitrogens with zero attached hydrogens (tertiary/aromatic N) is 1. The van der Waals surface area contributed by atoms with Crippen molar-refractivity contribution in [2.24, 2.45) is 0 Å². The first-order valence-corrected chi connectivity index (χ1v) is 9.30. The van der Waals surface area contributed by atoms with Gasteiger partial charge in [0.1, 0.15) is 0 Å². The molecule has 0 bridgehead atoms. The number of rotatable bonds is 6. The summed E-state index contributed by atoms with van der Waals surface area (Å²) in [5.74, 6) is -0.489. The lowest BCUT2D eigenvalue weighted by atomic mass is 10.3. The number of ether oxygens (including phenoxy) is 1. The summed E-state index contributed by atoms with van der Waals surface area (Å²) in [5.41, 5.74) is 4.33. The zero-order chi connectivity index (χ0) is 17.0. The average molecular weight is 449 g/mol. The molecular weight excluding hydrogens is 431 g/mol. The summed E-state index contributed by atoms with van der Waals surface area (Å²) in [4.78, 5) is 37.4. The second kappa shape index (κ2) is 8.11. The van der Waals surface area contributed by atoms with Crippen LogP contribution < -0.4 is 10.6 Å². The summed E-state index contributed by atoms with van der Waals surface area (Å²) in [6.07, 6.45) is 0.144. The smallest absolute Gasteiger partial charge is 0.365 e. The Bertz CT molecular complexity index is 608. The van der Waals surface area contributed by atoms with Crippen LogP contribution in [0.2, 0.25) is 0 Å². The van der Waals surface area contributed by atoms with Gasteiger partial charge in [0.25, 0.3) is 0 Å². The van der Waals surface area contributed by atoms with E-state index in [1.165, 1.54) is 16.7 Å². The number of hydrogen-bond acceptors (Lipinski definition) is 5. The SMILES string of the molecule is CCOC(=O)[C@@H]([NH3+])CS[C@H]1CC(=O)N(c2ccc(I)cc2)C1=O. The van der Waals surface area contributed by atoms with Gasteiger partial charge in [0.05, 0.1) is 23.3 Å². The lowest BCUT2D eigenvalue weighted by molar-refractivity contribution is -0.401. The van der Waals surface area contributed by atoms with Crippen LogP contribution in [-0.2, 0) is 19.1 Å². The maximum Gasteiger partial charge on any atom is 0.365 e. The van der Waals surface area contributed by atoms with Gasteiger partial charge >= 0.3 is 5.97 Å². The van der Waals surface area contributed by atoms with E-state index in [1.54, 1.807) is 19.1 Å². The molecule has 2 amide bonds. The van der Waals surface area contributed by atoms with Crippen LogP contribution in [0.15, 0.2) is 24.3 Å². The lowest BCUT2D eigenvalue weighted by Crippen LogP contribution is -2.66. The summed E-state index contributed by atoms with van der Waals surface area (Å²) < 4.78 is 5.92. The molecule has 6 nitrogen and oxygen atoms in total. The Morgan fingerprint density at radius 3 is 2.70 bits per heavy atom. The molecule has 1 heterocycles. The minimum atomic E-state index is -0.546. The van der Waals surface area contributed by atoms with E-state index in [9.17, 15) is 14.4 Å². The first-order chi connectivity index (χ1) is 10.9. The summed E-state index contributed by atoms with van der Waals surface area (Å²) in [6, 6.07) is 6.67. The van der Waals surface area contributed by atoms with Gasteiger partial charge in [-0.3, -0.25) is 9.59 Å². The molecule has 1 fully saturated rings. The lowest BCUT2D eigenvalue weighted by Gasteiger charge is -2.15. The van der Waals surface area contributed by atoms with E-state index >= 15 is 0 Å². The van der Waals surface area contributed by atoms with Gasteiger partial charge in [0.15, 0.2) is 6.04 Å². The molecule has 124 valence electrons. The third kappa shape index (κ3) is 4.45. The van der Waals surface area contributed by atoms with Crippen molar-refractivity contribution in [3.8, 4) is 0 Å². The van der Waals surface area contributed by atoms with Crippen LogP contribution in [0, 0.1) is 3.57 Å². The maximum absolute atomic E-state index is 12.5. The van der Waals surface area contributed by atoms with Crippen molar-refractivity contribution in [1.29, 1.82) is 0 Å². The van der Waals surface area contributed by atoms with Gasteiger partial charge < -0.3 is 10.5 Å². The highest BCUT2D eigenvalue weighted by molar-refractivity contribution is 14.1. The fourth-order valence-electron chi connectivity index (χ4n) is 2.16. The molecule has 0 radical (unpaired) electrons. The number of esters is 1. The third-order valence-corrected chi connectivity index (χ3v) is 5.39. The van der Waals surface area contributed by atoms with E-state index in [0.29, 0.717) is 18.0 Å². The van der Waals surface area contributed by atoms with Gasteiger partial charge in [0.2, 0.25) is 11.8 Å². The van der Waals surface area contributed by atoms with E-state index in [2.05, 4.69) is 28.3 Å². The van der Waals surface area contributed by atoms with E-state index < -0.39 is 11.3 Å². The van der Waals surface area contributed by atoms with Crippen molar-refractivity contribution in [3.63, 3.8) is 0 Å². The molecular formula is C15H18IN2O4S+. The third-order valence-electron chi connectivity index (χ3n) is 3.31. The highest BCUT2D eigenvalue weighted by atomic mass is 127. The number of thioether (sulfide) groups is 1. The number of amides is 2. The molecule has 0 aromatic heterocycles.